The van der Waals surface area contributed by atoms with Gasteiger partial charge in [-0.25, -0.2) is 13.1 Å². The number of amides is 2. The van der Waals surface area contributed by atoms with Crippen LogP contribution in [0.4, 0.5) is 5.69 Å². The van der Waals surface area contributed by atoms with Crippen molar-refractivity contribution in [2.24, 2.45) is 11.7 Å². The quantitative estimate of drug-likeness (QED) is 0.519. The molecule has 1 aliphatic rings. The highest BCUT2D eigenvalue weighted by Gasteiger charge is 2.24. The average Bonchev–Trinajstić information content (AvgIpc) is 3.55. The predicted molar refractivity (Wildman–Crippen MR) is 110 cm³/mol. The van der Waals surface area contributed by atoms with E-state index in [0.29, 0.717) is 23.9 Å². The maximum absolute atomic E-state index is 12.6. The van der Waals surface area contributed by atoms with Gasteiger partial charge in [-0.15, -0.1) is 0 Å². The molecule has 9 nitrogen and oxygen atoms in total. The Kier molecular flexibility index (Phi) is 6.58. The van der Waals surface area contributed by atoms with Gasteiger partial charge in [-0.05, 0) is 49.1 Å². The van der Waals surface area contributed by atoms with Crippen LogP contribution in [0.15, 0.2) is 47.4 Å². The summed E-state index contributed by atoms with van der Waals surface area (Å²) in [5.41, 5.74) is 5.64. The maximum atomic E-state index is 12.6. The van der Waals surface area contributed by atoms with Gasteiger partial charge in [0, 0.05) is 23.9 Å². The van der Waals surface area contributed by atoms with Gasteiger partial charge in [0.25, 0.3) is 11.8 Å². The minimum atomic E-state index is -3.69. The third kappa shape index (κ3) is 5.71. The van der Waals surface area contributed by atoms with E-state index in [1.165, 1.54) is 37.4 Å². The number of methoxy groups -OCH3 is 1. The number of carbonyl (C=O) groups excluding carboxylic acids is 2. The fraction of sp³-hybridized carbons (Fsp3) is 0.300. The van der Waals surface area contributed by atoms with E-state index < -0.39 is 21.8 Å². The fourth-order valence-corrected chi connectivity index (χ4v) is 3.82. The van der Waals surface area contributed by atoms with Gasteiger partial charge in [-0.3, -0.25) is 9.59 Å². The Morgan fingerprint density at radius 1 is 1.13 bits per heavy atom. The lowest BCUT2D eigenvalue weighted by molar-refractivity contribution is -0.119. The van der Waals surface area contributed by atoms with Crippen molar-refractivity contribution < 1.29 is 27.5 Å². The number of rotatable bonds is 10. The molecule has 0 bridgehead atoms. The summed E-state index contributed by atoms with van der Waals surface area (Å²) in [7, 11) is -2.25. The summed E-state index contributed by atoms with van der Waals surface area (Å²) in [5.74, 6) is -0.161. The molecule has 0 saturated heterocycles. The van der Waals surface area contributed by atoms with Gasteiger partial charge in [0.1, 0.15) is 0 Å². The van der Waals surface area contributed by atoms with Crippen LogP contribution in [-0.4, -0.2) is 40.5 Å². The number of nitrogens with one attached hydrogen (secondary N) is 2. The minimum absolute atomic E-state index is 0.0241. The number of hydrogen-bond acceptors (Lipinski definition) is 6. The molecular weight excluding hydrogens is 410 g/mol. The highest BCUT2D eigenvalue weighted by atomic mass is 32.2. The molecular formula is C20H23N3O6S. The van der Waals surface area contributed by atoms with Crippen LogP contribution in [0.2, 0.25) is 0 Å². The molecule has 2 aromatic carbocycles. The lowest BCUT2D eigenvalue weighted by atomic mass is 10.2. The molecule has 0 spiro atoms. The Labute approximate surface area is 174 Å². The number of nitrogens with two attached hydrogens (primary N) is 1. The van der Waals surface area contributed by atoms with Gasteiger partial charge in [0.15, 0.2) is 18.1 Å². The smallest absolute Gasteiger partial charge is 0.255 e. The number of hydrogen-bond donors (Lipinski definition) is 3. The molecule has 2 aromatic rings. The van der Waals surface area contributed by atoms with Crippen LogP contribution in [0, 0.1) is 5.92 Å². The molecule has 10 heteroatoms. The molecule has 0 aromatic heterocycles. The first-order chi connectivity index (χ1) is 14.3. The molecule has 0 unspecified atom stereocenters. The molecule has 4 N–H and O–H groups in total. The predicted octanol–water partition coefficient (Wildman–Crippen LogP) is 1.50. The fourth-order valence-electron chi connectivity index (χ4n) is 2.66. The van der Waals surface area contributed by atoms with Gasteiger partial charge in [-0.2, -0.15) is 0 Å². The van der Waals surface area contributed by atoms with E-state index in [-0.39, 0.29) is 22.8 Å². The number of ether oxygens (including phenoxy) is 2. The molecule has 0 atom stereocenters. The van der Waals surface area contributed by atoms with Gasteiger partial charge in [-0.1, -0.05) is 6.07 Å². The highest BCUT2D eigenvalue weighted by Crippen LogP contribution is 2.30. The van der Waals surface area contributed by atoms with Crippen LogP contribution in [0.3, 0.4) is 0 Å². The molecule has 0 heterocycles. The van der Waals surface area contributed by atoms with E-state index in [1.807, 2.05) is 0 Å². The van der Waals surface area contributed by atoms with Crippen molar-refractivity contribution in [3.63, 3.8) is 0 Å². The normalized spacial score (nSPS) is 13.5. The summed E-state index contributed by atoms with van der Waals surface area (Å²) in [6.45, 7) is 0.0558. The lowest BCUT2D eigenvalue weighted by Gasteiger charge is -2.12. The zero-order chi connectivity index (χ0) is 21.7. The molecule has 160 valence electrons. The van der Waals surface area contributed by atoms with Crippen molar-refractivity contribution in [2.75, 3.05) is 25.6 Å². The van der Waals surface area contributed by atoms with Crippen LogP contribution < -0.4 is 25.2 Å². The molecule has 0 radical (unpaired) electrons. The molecule has 0 aliphatic heterocycles. The van der Waals surface area contributed by atoms with Gasteiger partial charge in [0.2, 0.25) is 10.0 Å². The van der Waals surface area contributed by atoms with Crippen molar-refractivity contribution in [1.82, 2.24) is 4.72 Å². The molecule has 1 saturated carbocycles. The largest absolute Gasteiger partial charge is 0.493 e. The van der Waals surface area contributed by atoms with Gasteiger partial charge < -0.3 is 20.5 Å². The van der Waals surface area contributed by atoms with Crippen molar-refractivity contribution in [2.45, 2.75) is 17.7 Å². The molecule has 3 rings (SSSR count). The number of sulfonamides is 1. The summed E-state index contributed by atoms with van der Waals surface area (Å²) in [6.07, 6.45) is 2.05. The van der Waals surface area contributed by atoms with E-state index in [4.69, 9.17) is 15.2 Å². The third-order valence-corrected chi connectivity index (χ3v) is 5.88. The minimum Gasteiger partial charge on any atom is -0.493 e. The SMILES string of the molecule is COc1ccc(NC(=O)c2cccc(S(=O)(=O)NCC3CC3)c2)cc1OCC(N)=O. The topological polar surface area (TPSA) is 137 Å². The Morgan fingerprint density at radius 3 is 2.57 bits per heavy atom. The van der Waals surface area contributed by atoms with E-state index >= 15 is 0 Å². The van der Waals surface area contributed by atoms with Gasteiger partial charge >= 0.3 is 0 Å². The maximum Gasteiger partial charge on any atom is 0.255 e. The average molecular weight is 433 g/mol. The zero-order valence-corrected chi connectivity index (χ0v) is 17.2. The molecule has 2 amide bonds. The number of anilines is 1. The van der Waals surface area contributed by atoms with Crippen LogP contribution in [0.25, 0.3) is 0 Å². The first-order valence-corrected chi connectivity index (χ1v) is 10.8. The summed E-state index contributed by atoms with van der Waals surface area (Å²) < 4.78 is 37.9. The van der Waals surface area contributed by atoms with Crippen LogP contribution in [0.5, 0.6) is 11.5 Å². The van der Waals surface area contributed by atoms with E-state index in [2.05, 4.69) is 10.0 Å². The summed E-state index contributed by atoms with van der Waals surface area (Å²) in [6, 6.07) is 10.4. The van der Waals surface area contributed by atoms with Gasteiger partial charge in [0.05, 0.1) is 12.0 Å². The third-order valence-electron chi connectivity index (χ3n) is 4.46. The first kappa shape index (κ1) is 21.6. The van der Waals surface area contributed by atoms with Crippen molar-refractivity contribution in [1.29, 1.82) is 0 Å². The summed E-state index contributed by atoms with van der Waals surface area (Å²) in [5, 5.41) is 2.67. The van der Waals surface area contributed by atoms with Crippen molar-refractivity contribution in [3.05, 3.63) is 48.0 Å². The second-order valence-electron chi connectivity index (χ2n) is 6.90. The van der Waals surface area contributed by atoms with E-state index in [1.54, 1.807) is 12.1 Å². The Bertz CT molecular complexity index is 1050. The number of carbonyl (C=O) groups is 2. The molecule has 1 aliphatic carbocycles. The van der Waals surface area contributed by atoms with E-state index in [0.717, 1.165) is 12.8 Å². The summed E-state index contributed by atoms with van der Waals surface area (Å²) >= 11 is 0. The van der Waals surface area contributed by atoms with Crippen LogP contribution in [-0.2, 0) is 14.8 Å². The monoisotopic (exact) mass is 433 g/mol. The van der Waals surface area contributed by atoms with Crippen LogP contribution >= 0.6 is 0 Å². The number of benzene rings is 2. The Hall–Kier alpha value is -3.11. The number of primary amides is 1. The lowest BCUT2D eigenvalue weighted by Crippen LogP contribution is -2.26. The second-order valence-corrected chi connectivity index (χ2v) is 8.66. The first-order valence-electron chi connectivity index (χ1n) is 9.28. The summed E-state index contributed by atoms with van der Waals surface area (Å²) in [4.78, 5) is 23.6. The molecule has 1 fully saturated rings. The standard InChI is InChI=1S/C20H23N3O6S/c1-28-17-8-7-15(10-18(17)29-12-19(21)24)23-20(25)14-3-2-4-16(9-14)30(26,27)22-11-13-5-6-13/h2-4,7-10,13,22H,5-6,11-12H2,1H3,(H2,21,24)(H,23,25). The van der Waals surface area contributed by atoms with Crippen molar-refractivity contribution >= 4 is 27.5 Å². The molecule has 30 heavy (non-hydrogen) atoms. The Balaban J connectivity index is 1.74. The van der Waals surface area contributed by atoms with Crippen LogP contribution in [0.1, 0.15) is 23.2 Å². The highest BCUT2D eigenvalue weighted by molar-refractivity contribution is 7.89. The second kappa shape index (κ2) is 9.14. The zero-order valence-electron chi connectivity index (χ0n) is 16.4. The van der Waals surface area contributed by atoms with Crippen molar-refractivity contribution in [3.8, 4) is 11.5 Å². The Morgan fingerprint density at radius 2 is 1.90 bits per heavy atom. The van der Waals surface area contributed by atoms with E-state index in [9.17, 15) is 18.0 Å².